The fourth-order valence-electron chi connectivity index (χ4n) is 3.10. The molecule has 1 aromatic heterocycles. The number of hydrogen-bond donors (Lipinski definition) is 1. The zero-order valence-electron chi connectivity index (χ0n) is 13.5. The van der Waals surface area contributed by atoms with Crippen LogP contribution in [0.25, 0.3) is 16.9 Å². The Labute approximate surface area is 167 Å². The fraction of sp³-hybridized carbons (Fsp3) is 0.167. The maximum atomic E-state index is 13.1. The van der Waals surface area contributed by atoms with Crippen LogP contribution in [0.3, 0.4) is 0 Å². The number of aromatic nitrogens is 2. The van der Waals surface area contributed by atoms with Gasteiger partial charge >= 0.3 is 6.18 Å². The van der Waals surface area contributed by atoms with Crippen molar-refractivity contribution in [2.24, 2.45) is 0 Å². The minimum Gasteiger partial charge on any atom is -0.369 e. The van der Waals surface area contributed by atoms with E-state index in [0.717, 1.165) is 17.7 Å². The summed E-state index contributed by atoms with van der Waals surface area (Å²) in [7, 11) is 0. The van der Waals surface area contributed by atoms with Crippen molar-refractivity contribution in [2.45, 2.75) is 12.6 Å². The highest BCUT2D eigenvalue weighted by molar-refractivity contribution is 6.43. The van der Waals surface area contributed by atoms with E-state index in [9.17, 15) is 13.2 Å². The standard InChI is InChI=1S/C18H11Cl3F3N3/c19-12-5-4-9(18(22,23)24)8-14(12)27-17-11(6-7-25-17)16(26-27)10-2-1-3-13(20)15(10)21/h1-5,8,25H,6-7H2. The number of fused-ring (bicyclic) bond motifs is 1. The van der Waals surface area contributed by atoms with E-state index in [2.05, 4.69) is 10.4 Å². The Morgan fingerprint density at radius 3 is 2.56 bits per heavy atom. The van der Waals surface area contributed by atoms with Crippen LogP contribution in [0.4, 0.5) is 19.0 Å². The summed E-state index contributed by atoms with van der Waals surface area (Å²) in [4.78, 5) is 0. The molecule has 0 bridgehead atoms. The maximum Gasteiger partial charge on any atom is 0.416 e. The number of benzene rings is 2. The highest BCUT2D eigenvalue weighted by Gasteiger charge is 2.32. The number of rotatable bonds is 2. The van der Waals surface area contributed by atoms with Crippen molar-refractivity contribution < 1.29 is 13.2 Å². The van der Waals surface area contributed by atoms with Crippen molar-refractivity contribution in [3.05, 3.63) is 62.6 Å². The Bertz CT molecular complexity index is 1040. The van der Waals surface area contributed by atoms with Crippen LogP contribution in [0.2, 0.25) is 15.1 Å². The molecule has 3 nitrogen and oxygen atoms in total. The molecule has 0 radical (unpaired) electrons. The van der Waals surface area contributed by atoms with Gasteiger partial charge in [-0.3, -0.25) is 0 Å². The number of anilines is 1. The van der Waals surface area contributed by atoms with E-state index in [0.29, 0.717) is 40.1 Å². The van der Waals surface area contributed by atoms with Gasteiger partial charge in [0.15, 0.2) is 0 Å². The average molecular weight is 433 g/mol. The zero-order valence-corrected chi connectivity index (χ0v) is 15.8. The third kappa shape index (κ3) is 3.16. The van der Waals surface area contributed by atoms with Gasteiger partial charge in [0, 0.05) is 17.7 Å². The van der Waals surface area contributed by atoms with Crippen LogP contribution in [0, 0.1) is 0 Å². The zero-order chi connectivity index (χ0) is 19.3. The first-order valence-electron chi connectivity index (χ1n) is 7.94. The van der Waals surface area contributed by atoms with E-state index in [-0.39, 0.29) is 10.7 Å². The fourth-order valence-corrected chi connectivity index (χ4v) is 3.69. The molecule has 1 N–H and O–H groups in total. The predicted molar refractivity (Wildman–Crippen MR) is 101 cm³/mol. The highest BCUT2D eigenvalue weighted by Crippen LogP contribution is 2.41. The first kappa shape index (κ1) is 18.5. The Morgan fingerprint density at radius 2 is 1.81 bits per heavy atom. The molecule has 0 spiro atoms. The molecule has 2 aromatic carbocycles. The van der Waals surface area contributed by atoms with Crippen LogP contribution in [-0.2, 0) is 12.6 Å². The van der Waals surface area contributed by atoms with Crippen molar-refractivity contribution in [3.8, 4) is 16.9 Å². The quantitative estimate of drug-likeness (QED) is 0.502. The largest absolute Gasteiger partial charge is 0.416 e. The summed E-state index contributed by atoms with van der Waals surface area (Å²) in [6.07, 6.45) is -3.83. The normalized spacial score (nSPS) is 13.6. The minimum absolute atomic E-state index is 0.140. The molecular weight excluding hydrogens is 422 g/mol. The minimum atomic E-state index is -4.48. The Morgan fingerprint density at radius 1 is 1.04 bits per heavy atom. The Balaban J connectivity index is 1.93. The summed E-state index contributed by atoms with van der Waals surface area (Å²) >= 11 is 18.6. The van der Waals surface area contributed by atoms with Gasteiger partial charge < -0.3 is 5.32 Å². The van der Waals surface area contributed by atoms with Crippen LogP contribution >= 0.6 is 34.8 Å². The lowest BCUT2D eigenvalue weighted by Crippen LogP contribution is -2.09. The van der Waals surface area contributed by atoms with Crippen LogP contribution in [-0.4, -0.2) is 16.3 Å². The Kier molecular flexibility index (Phi) is 4.53. The van der Waals surface area contributed by atoms with Gasteiger partial charge in [-0.05, 0) is 30.7 Å². The molecule has 0 saturated heterocycles. The van der Waals surface area contributed by atoms with E-state index in [1.165, 1.54) is 10.7 Å². The molecule has 9 heteroatoms. The van der Waals surface area contributed by atoms with Crippen molar-refractivity contribution >= 4 is 40.6 Å². The van der Waals surface area contributed by atoms with Gasteiger partial charge in [0.2, 0.25) is 0 Å². The first-order valence-corrected chi connectivity index (χ1v) is 9.08. The molecule has 140 valence electrons. The van der Waals surface area contributed by atoms with Gasteiger partial charge in [-0.1, -0.05) is 46.9 Å². The molecule has 1 aliphatic rings. The highest BCUT2D eigenvalue weighted by atomic mass is 35.5. The Hall–Kier alpha value is -1.89. The predicted octanol–water partition coefficient (Wildman–Crippen LogP) is 6.49. The molecule has 2 heterocycles. The summed E-state index contributed by atoms with van der Waals surface area (Å²) < 4.78 is 40.8. The van der Waals surface area contributed by atoms with Crippen molar-refractivity contribution in [1.29, 1.82) is 0 Å². The number of alkyl halides is 3. The molecular formula is C18H11Cl3F3N3. The lowest BCUT2D eigenvalue weighted by molar-refractivity contribution is -0.137. The molecule has 0 saturated carbocycles. The molecule has 4 rings (SSSR count). The van der Waals surface area contributed by atoms with Crippen LogP contribution < -0.4 is 5.32 Å². The van der Waals surface area contributed by atoms with Gasteiger partial charge in [-0.15, -0.1) is 0 Å². The lowest BCUT2D eigenvalue weighted by atomic mass is 10.1. The summed E-state index contributed by atoms with van der Waals surface area (Å²) in [6, 6.07) is 8.32. The van der Waals surface area contributed by atoms with E-state index >= 15 is 0 Å². The molecule has 0 aliphatic carbocycles. The van der Waals surface area contributed by atoms with E-state index in [1.807, 2.05) is 0 Å². The molecule has 0 fully saturated rings. The monoisotopic (exact) mass is 431 g/mol. The van der Waals surface area contributed by atoms with E-state index in [1.54, 1.807) is 18.2 Å². The number of nitrogens with one attached hydrogen (secondary N) is 1. The second-order valence-electron chi connectivity index (χ2n) is 6.03. The third-order valence-electron chi connectivity index (χ3n) is 4.36. The van der Waals surface area contributed by atoms with Gasteiger partial charge in [0.05, 0.1) is 32.0 Å². The summed E-state index contributed by atoms with van der Waals surface area (Å²) in [5.41, 5.74) is 1.38. The van der Waals surface area contributed by atoms with E-state index in [4.69, 9.17) is 34.8 Å². The summed E-state index contributed by atoms with van der Waals surface area (Å²) in [6.45, 7) is 0.634. The number of nitrogens with zero attached hydrogens (tertiary/aromatic N) is 2. The molecule has 3 aromatic rings. The summed E-state index contributed by atoms with van der Waals surface area (Å²) in [5.74, 6) is 0.599. The summed E-state index contributed by atoms with van der Waals surface area (Å²) in [5, 5.41) is 8.55. The second kappa shape index (κ2) is 6.62. The topological polar surface area (TPSA) is 29.9 Å². The van der Waals surface area contributed by atoms with Gasteiger partial charge in [0.25, 0.3) is 0 Å². The van der Waals surface area contributed by atoms with Gasteiger partial charge in [0.1, 0.15) is 5.82 Å². The van der Waals surface area contributed by atoms with Crippen LogP contribution in [0.1, 0.15) is 11.1 Å². The smallest absolute Gasteiger partial charge is 0.369 e. The number of hydrogen-bond acceptors (Lipinski definition) is 2. The van der Waals surface area contributed by atoms with Gasteiger partial charge in [-0.25, -0.2) is 4.68 Å². The lowest BCUT2D eigenvalue weighted by Gasteiger charge is -2.12. The molecule has 0 atom stereocenters. The first-order chi connectivity index (χ1) is 12.8. The van der Waals surface area contributed by atoms with Gasteiger partial charge in [-0.2, -0.15) is 18.3 Å². The van der Waals surface area contributed by atoms with E-state index < -0.39 is 11.7 Å². The van der Waals surface area contributed by atoms with Crippen LogP contribution in [0.5, 0.6) is 0 Å². The van der Waals surface area contributed by atoms with Crippen molar-refractivity contribution in [2.75, 3.05) is 11.9 Å². The molecule has 0 amide bonds. The average Bonchev–Trinajstić information content (AvgIpc) is 3.20. The molecule has 1 aliphatic heterocycles. The van der Waals surface area contributed by atoms with Crippen LogP contribution in [0.15, 0.2) is 36.4 Å². The number of halogens is 6. The van der Waals surface area contributed by atoms with Crippen molar-refractivity contribution in [3.63, 3.8) is 0 Å². The van der Waals surface area contributed by atoms with Crippen molar-refractivity contribution in [1.82, 2.24) is 9.78 Å². The maximum absolute atomic E-state index is 13.1. The molecule has 0 unspecified atom stereocenters. The second-order valence-corrected chi connectivity index (χ2v) is 7.22. The SMILES string of the molecule is FC(F)(F)c1ccc(Cl)c(-n2nc(-c3cccc(Cl)c3Cl)c3c2NCC3)c1. The third-order valence-corrected chi connectivity index (χ3v) is 5.50. The molecule has 27 heavy (non-hydrogen) atoms.